The largest absolute Gasteiger partial charge is 0.462 e. The third kappa shape index (κ3) is 3.65. The fraction of sp³-hybridized carbons (Fsp3) is 0.692. The maximum absolute atomic E-state index is 12.5. The number of rotatable bonds is 7. The lowest BCUT2D eigenvalue weighted by atomic mass is 9.99. The minimum atomic E-state index is -3.91. The van der Waals surface area contributed by atoms with Crippen molar-refractivity contribution in [2.24, 2.45) is 11.7 Å². The zero-order chi connectivity index (χ0) is 16.2. The van der Waals surface area contributed by atoms with Crippen molar-refractivity contribution in [2.45, 2.75) is 43.7 Å². The third-order valence-corrected chi connectivity index (χ3v) is 5.36. The lowest BCUT2D eigenvalue weighted by Crippen LogP contribution is -2.44. The summed E-state index contributed by atoms with van der Waals surface area (Å²) in [5, 5.41) is 5.73. The molecular formula is C13H22N4O4S. The van der Waals surface area contributed by atoms with Crippen molar-refractivity contribution in [2.75, 3.05) is 13.2 Å². The molecule has 1 aliphatic rings. The molecule has 1 unspecified atom stereocenters. The van der Waals surface area contributed by atoms with Gasteiger partial charge < -0.3 is 10.5 Å². The SMILES string of the molecule is CCOC(=O)c1cn[nH]c1S(=O)(=O)NC(CN)C1CCCC1. The first-order valence-corrected chi connectivity index (χ1v) is 8.90. The Morgan fingerprint density at radius 2 is 2.23 bits per heavy atom. The molecule has 1 fully saturated rings. The van der Waals surface area contributed by atoms with Crippen LogP contribution < -0.4 is 10.5 Å². The van der Waals surface area contributed by atoms with Gasteiger partial charge in [-0.2, -0.15) is 5.10 Å². The lowest BCUT2D eigenvalue weighted by Gasteiger charge is -2.22. The second-order valence-corrected chi connectivity index (χ2v) is 6.99. The second kappa shape index (κ2) is 7.21. The summed E-state index contributed by atoms with van der Waals surface area (Å²) in [5.74, 6) is -0.490. The molecule has 0 aliphatic heterocycles. The minimum Gasteiger partial charge on any atom is -0.462 e. The molecule has 0 saturated heterocycles. The number of nitrogens with one attached hydrogen (secondary N) is 2. The van der Waals surface area contributed by atoms with E-state index in [9.17, 15) is 13.2 Å². The molecule has 4 N–H and O–H groups in total. The molecule has 0 radical (unpaired) electrons. The fourth-order valence-corrected chi connectivity index (χ4v) is 4.19. The van der Waals surface area contributed by atoms with Gasteiger partial charge in [-0.1, -0.05) is 12.8 Å². The van der Waals surface area contributed by atoms with Crippen LogP contribution in [-0.4, -0.2) is 43.8 Å². The van der Waals surface area contributed by atoms with Crippen molar-refractivity contribution >= 4 is 16.0 Å². The number of hydrogen-bond acceptors (Lipinski definition) is 6. The van der Waals surface area contributed by atoms with Gasteiger partial charge in [-0.3, -0.25) is 5.10 Å². The molecule has 1 aromatic rings. The highest BCUT2D eigenvalue weighted by Gasteiger charge is 2.32. The van der Waals surface area contributed by atoms with Crippen LogP contribution in [0.3, 0.4) is 0 Å². The standard InChI is InChI=1S/C13H22N4O4S/c1-2-21-13(18)10-8-15-16-12(10)22(19,20)17-11(7-14)9-5-3-4-6-9/h8-9,11,17H,2-7,14H2,1H3,(H,15,16). The quantitative estimate of drug-likeness (QED) is 0.620. The van der Waals surface area contributed by atoms with Gasteiger partial charge in [0.15, 0.2) is 5.03 Å². The Kier molecular flexibility index (Phi) is 5.54. The molecule has 1 aromatic heterocycles. The van der Waals surface area contributed by atoms with E-state index in [0.717, 1.165) is 31.9 Å². The number of aromatic amines is 1. The van der Waals surface area contributed by atoms with E-state index in [4.69, 9.17) is 10.5 Å². The van der Waals surface area contributed by atoms with Crippen LogP contribution >= 0.6 is 0 Å². The van der Waals surface area contributed by atoms with Gasteiger partial charge in [0.1, 0.15) is 5.56 Å². The summed E-state index contributed by atoms with van der Waals surface area (Å²) in [7, 11) is -3.91. The summed E-state index contributed by atoms with van der Waals surface area (Å²) in [4.78, 5) is 11.8. The van der Waals surface area contributed by atoms with Crippen LogP contribution in [0, 0.1) is 5.92 Å². The van der Waals surface area contributed by atoms with Crippen molar-refractivity contribution in [3.05, 3.63) is 11.8 Å². The number of nitrogens with two attached hydrogens (primary N) is 1. The number of carbonyl (C=O) groups is 1. The number of esters is 1. The first-order chi connectivity index (χ1) is 10.5. The number of sulfonamides is 1. The molecule has 1 aliphatic carbocycles. The molecule has 124 valence electrons. The number of carbonyl (C=O) groups excluding carboxylic acids is 1. The third-order valence-electron chi connectivity index (χ3n) is 3.90. The average Bonchev–Trinajstić information content (AvgIpc) is 3.16. The second-order valence-electron chi connectivity index (χ2n) is 5.34. The van der Waals surface area contributed by atoms with E-state index < -0.39 is 16.0 Å². The predicted molar refractivity (Wildman–Crippen MR) is 79.7 cm³/mol. The van der Waals surface area contributed by atoms with Gasteiger partial charge in [0.25, 0.3) is 10.0 Å². The molecule has 0 bridgehead atoms. The lowest BCUT2D eigenvalue weighted by molar-refractivity contribution is 0.0522. The van der Waals surface area contributed by atoms with E-state index >= 15 is 0 Å². The average molecular weight is 330 g/mol. The molecule has 8 nitrogen and oxygen atoms in total. The van der Waals surface area contributed by atoms with Gasteiger partial charge in [0.2, 0.25) is 0 Å². The molecule has 9 heteroatoms. The van der Waals surface area contributed by atoms with Gasteiger partial charge in [-0.05, 0) is 25.7 Å². The van der Waals surface area contributed by atoms with Crippen LogP contribution in [0.5, 0.6) is 0 Å². The Balaban J connectivity index is 2.19. The number of hydrogen-bond donors (Lipinski definition) is 3. The molecule has 2 rings (SSSR count). The molecule has 22 heavy (non-hydrogen) atoms. The molecule has 1 atom stereocenters. The Bertz CT molecular complexity index is 607. The van der Waals surface area contributed by atoms with E-state index in [1.807, 2.05) is 0 Å². The van der Waals surface area contributed by atoms with E-state index in [2.05, 4.69) is 14.9 Å². The highest BCUT2D eigenvalue weighted by molar-refractivity contribution is 7.89. The molecule has 1 heterocycles. The van der Waals surface area contributed by atoms with Crippen LogP contribution in [0.1, 0.15) is 43.0 Å². The van der Waals surface area contributed by atoms with E-state index in [1.54, 1.807) is 6.92 Å². The van der Waals surface area contributed by atoms with Crippen molar-refractivity contribution in [3.8, 4) is 0 Å². The topological polar surface area (TPSA) is 127 Å². The molecular weight excluding hydrogens is 308 g/mol. The van der Waals surface area contributed by atoms with E-state index in [1.165, 1.54) is 0 Å². The van der Waals surface area contributed by atoms with Crippen molar-refractivity contribution in [1.29, 1.82) is 0 Å². The highest BCUT2D eigenvalue weighted by Crippen LogP contribution is 2.28. The molecule has 0 amide bonds. The van der Waals surface area contributed by atoms with Gasteiger partial charge in [0, 0.05) is 12.6 Å². The monoisotopic (exact) mass is 330 g/mol. The van der Waals surface area contributed by atoms with Gasteiger partial charge in [-0.15, -0.1) is 0 Å². The Morgan fingerprint density at radius 1 is 1.55 bits per heavy atom. The normalized spacial score (nSPS) is 17.5. The number of H-pyrrole nitrogens is 1. The van der Waals surface area contributed by atoms with Gasteiger partial charge >= 0.3 is 5.97 Å². The number of aromatic nitrogens is 2. The van der Waals surface area contributed by atoms with Gasteiger partial charge in [0.05, 0.1) is 12.8 Å². The summed E-state index contributed by atoms with van der Waals surface area (Å²) in [6, 6.07) is -0.342. The van der Waals surface area contributed by atoms with Crippen LogP contribution in [0.15, 0.2) is 11.2 Å². The Morgan fingerprint density at radius 3 is 2.82 bits per heavy atom. The first-order valence-electron chi connectivity index (χ1n) is 7.42. The van der Waals surface area contributed by atoms with Crippen LogP contribution in [0.25, 0.3) is 0 Å². The first kappa shape index (κ1) is 16.9. The van der Waals surface area contributed by atoms with Gasteiger partial charge in [-0.25, -0.2) is 17.9 Å². The minimum absolute atomic E-state index is 0.100. The van der Waals surface area contributed by atoms with Crippen LogP contribution in [0.2, 0.25) is 0 Å². The maximum Gasteiger partial charge on any atom is 0.342 e. The fourth-order valence-electron chi connectivity index (χ4n) is 2.79. The smallest absolute Gasteiger partial charge is 0.342 e. The van der Waals surface area contributed by atoms with E-state index in [0.29, 0.717) is 0 Å². The van der Waals surface area contributed by atoms with Crippen LogP contribution in [0.4, 0.5) is 0 Å². The Hall–Kier alpha value is -1.45. The summed E-state index contributed by atoms with van der Waals surface area (Å²) < 4.78 is 32.4. The van der Waals surface area contributed by atoms with Crippen molar-refractivity contribution in [1.82, 2.24) is 14.9 Å². The summed E-state index contributed by atoms with van der Waals surface area (Å²) in [6.45, 7) is 2.02. The Labute approximate surface area is 129 Å². The zero-order valence-corrected chi connectivity index (χ0v) is 13.4. The van der Waals surface area contributed by atoms with Crippen LogP contribution in [-0.2, 0) is 14.8 Å². The summed E-state index contributed by atoms with van der Waals surface area (Å²) >= 11 is 0. The predicted octanol–water partition coefficient (Wildman–Crippen LogP) is 0.382. The highest BCUT2D eigenvalue weighted by atomic mass is 32.2. The number of nitrogens with zero attached hydrogens (tertiary/aromatic N) is 1. The maximum atomic E-state index is 12.5. The summed E-state index contributed by atoms with van der Waals surface area (Å²) in [6.07, 6.45) is 5.23. The van der Waals surface area contributed by atoms with Crippen molar-refractivity contribution < 1.29 is 17.9 Å². The van der Waals surface area contributed by atoms with Crippen molar-refractivity contribution in [3.63, 3.8) is 0 Å². The zero-order valence-electron chi connectivity index (χ0n) is 12.5. The summed E-state index contributed by atoms with van der Waals surface area (Å²) in [5.41, 5.74) is 5.61. The molecule has 1 saturated carbocycles. The molecule has 0 aromatic carbocycles. The number of ether oxygens (including phenoxy) is 1. The van der Waals surface area contributed by atoms with E-state index in [-0.39, 0.29) is 35.7 Å². The molecule has 0 spiro atoms.